The van der Waals surface area contributed by atoms with Gasteiger partial charge < -0.3 is 76.1 Å². The van der Waals surface area contributed by atoms with Gasteiger partial charge in [0.1, 0.15) is 28.9 Å². The molecular weight excluding hydrogens is 643 g/mol. The number of likely N-dealkylation sites (N-methyl/N-ethyl adjacent to an activating group) is 1. The molecule has 0 spiro atoms. The summed E-state index contributed by atoms with van der Waals surface area (Å²) >= 11 is 2.72. The van der Waals surface area contributed by atoms with Gasteiger partial charge in [0.2, 0.25) is 5.60 Å². The average molecular weight is 667 g/mol. The maximum absolute atomic E-state index is 14.7. The maximum atomic E-state index is 14.7. The minimum absolute atomic E-state index is 0.0206. The number of rotatable bonds is 6. The minimum Gasteiger partial charge on any atom is -0.504 e. The van der Waals surface area contributed by atoms with Crippen molar-refractivity contribution < 1.29 is 75.1 Å². The van der Waals surface area contributed by atoms with E-state index < -0.39 is 79.5 Å². The predicted molar refractivity (Wildman–Crippen MR) is 135 cm³/mol. The van der Waals surface area contributed by atoms with Crippen molar-refractivity contribution in [2.45, 2.75) is 29.0 Å². The first-order valence-corrected chi connectivity index (χ1v) is 12.1. The predicted octanol–water partition coefficient (Wildman–Crippen LogP) is -2.91. The first kappa shape index (κ1) is 31.5. The lowest BCUT2D eigenvalue weighted by molar-refractivity contribution is -0.592. The summed E-state index contributed by atoms with van der Waals surface area (Å²) in [6, 6.07) is 2.19. The molecule has 1 aliphatic rings. The van der Waals surface area contributed by atoms with Crippen LogP contribution in [0.1, 0.15) is 0 Å². The van der Waals surface area contributed by atoms with Crippen molar-refractivity contribution in [1.82, 2.24) is 14.9 Å². The molecule has 1 fully saturated rings. The van der Waals surface area contributed by atoms with Gasteiger partial charge in [0.05, 0.1) is 12.6 Å². The Balaban J connectivity index is 1.77. The molecule has 1 aliphatic heterocycles. The zero-order chi connectivity index (χ0) is 31.8. The van der Waals surface area contributed by atoms with Crippen molar-refractivity contribution in [2.24, 2.45) is 0 Å². The van der Waals surface area contributed by atoms with Crippen molar-refractivity contribution >= 4 is 38.3 Å². The number of piperidine rings is 1. The quantitative estimate of drug-likeness (QED) is 0.0712. The molecule has 0 aliphatic carbocycles. The number of ether oxygens (including phenoxy) is 2. The second-order valence-corrected chi connectivity index (χ2v) is 10.0. The Bertz CT molecular complexity index is 1510. The number of benzene rings is 2. The Morgan fingerprint density at radius 3 is 2.00 bits per heavy atom. The molecule has 3 aromatic rings. The number of aromatic hydroxyl groups is 3. The first-order valence-electron chi connectivity index (χ1n) is 11.3. The third kappa shape index (κ3) is 4.08. The van der Waals surface area contributed by atoms with E-state index in [1.54, 1.807) is 0 Å². The molecule has 1 aromatic heterocycles. The molecule has 42 heavy (non-hydrogen) atoms. The van der Waals surface area contributed by atoms with E-state index in [2.05, 4.69) is 31.2 Å². The number of aromatic nitrogens is 2. The Kier molecular flexibility index (Phi) is 7.37. The number of methoxy groups -OCH3 is 1. The molecule has 4 rings (SSSR count). The van der Waals surface area contributed by atoms with Crippen molar-refractivity contribution in [3.8, 4) is 28.7 Å². The summed E-state index contributed by atoms with van der Waals surface area (Å²) in [6.07, 6.45) is 0.940. The average Bonchev–Trinajstić information content (AvgIpc) is 2.93. The van der Waals surface area contributed by atoms with Crippen LogP contribution in [0.2, 0.25) is 0 Å². The Labute approximate surface area is 241 Å². The smallest absolute Gasteiger partial charge is 0.289 e. The third-order valence-electron chi connectivity index (χ3n) is 6.93. The largest absolute Gasteiger partial charge is 0.504 e. The lowest BCUT2D eigenvalue weighted by atomic mass is 9.75. The van der Waals surface area contributed by atoms with Gasteiger partial charge in [-0.3, -0.25) is 0 Å². The van der Waals surface area contributed by atoms with E-state index in [1.807, 2.05) is 0 Å². The molecule has 2 aromatic carbocycles. The van der Waals surface area contributed by atoms with Gasteiger partial charge in [0.15, 0.2) is 34.6 Å². The van der Waals surface area contributed by atoms with Crippen LogP contribution in [0.4, 0.5) is 15.9 Å². The zero-order valence-electron chi connectivity index (χ0n) is 21.2. The number of nitrogens with zero attached hydrogens (tertiary/aromatic N) is 3. The van der Waals surface area contributed by atoms with E-state index in [9.17, 15) is 65.7 Å². The van der Waals surface area contributed by atoms with Crippen LogP contribution >= 0.6 is 15.9 Å². The molecule has 230 valence electrons. The van der Waals surface area contributed by atoms with Crippen LogP contribution in [0.3, 0.4) is 0 Å². The molecule has 20 heteroatoms. The normalized spacial score (nSPS) is 20.3. The molecule has 2 heterocycles. The Hall–Kier alpha value is -3.41. The van der Waals surface area contributed by atoms with E-state index in [0.717, 1.165) is 25.6 Å². The third-order valence-corrected chi connectivity index (χ3v) is 7.68. The van der Waals surface area contributed by atoms with Gasteiger partial charge in [-0.05, 0) is 29.0 Å². The Morgan fingerprint density at radius 1 is 0.881 bits per heavy atom. The summed E-state index contributed by atoms with van der Waals surface area (Å²) in [5.41, 5.74) is -4.91. The SMILES string of the molecule is COc1cc2c(Nc3c(O)c(O)c(Br)c(O)c3F)ncnc2cc1OCC1(O)C(O)(O)C(O)(O)N(C)C(O)(O)C1(O)O. The van der Waals surface area contributed by atoms with Gasteiger partial charge in [-0.1, -0.05) is 0 Å². The van der Waals surface area contributed by atoms with E-state index in [1.165, 1.54) is 0 Å². The van der Waals surface area contributed by atoms with Crippen molar-refractivity contribution in [1.29, 1.82) is 0 Å². The van der Waals surface area contributed by atoms with Gasteiger partial charge in [-0.15, -0.1) is 0 Å². The number of phenolic OH excluding ortho intramolecular Hbond substituents is 3. The molecule has 0 unspecified atom stereocenters. The van der Waals surface area contributed by atoms with E-state index in [4.69, 9.17) is 9.47 Å². The van der Waals surface area contributed by atoms with E-state index >= 15 is 0 Å². The second-order valence-electron chi connectivity index (χ2n) is 9.24. The van der Waals surface area contributed by atoms with Gasteiger partial charge in [0.25, 0.3) is 23.4 Å². The van der Waals surface area contributed by atoms with Gasteiger partial charge in [-0.2, -0.15) is 4.90 Å². The summed E-state index contributed by atoms with van der Waals surface area (Å²) in [7, 11) is 1.55. The summed E-state index contributed by atoms with van der Waals surface area (Å²) in [5.74, 6) is -22.1. The fraction of sp³-hybridized carbons (Fsp3) is 0.364. The monoisotopic (exact) mass is 666 g/mol. The molecule has 1 saturated heterocycles. The molecule has 0 amide bonds. The highest BCUT2D eigenvalue weighted by atomic mass is 79.9. The van der Waals surface area contributed by atoms with Crippen LogP contribution in [-0.4, -0.2) is 126 Å². The number of hydrogen-bond acceptors (Lipinski definition) is 18. The highest BCUT2D eigenvalue weighted by molar-refractivity contribution is 9.10. The summed E-state index contributed by atoms with van der Waals surface area (Å²) in [4.78, 5) is 7.43. The van der Waals surface area contributed by atoms with Crippen LogP contribution in [0.25, 0.3) is 10.9 Å². The fourth-order valence-corrected chi connectivity index (χ4v) is 4.55. The topological polar surface area (TPSA) is 302 Å². The van der Waals surface area contributed by atoms with Crippen LogP contribution in [0, 0.1) is 5.82 Å². The van der Waals surface area contributed by atoms with E-state index in [-0.39, 0.29) is 22.5 Å². The number of halogens is 2. The first-order chi connectivity index (χ1) is 19.2. The lowest BCUT2D eigenvalue weighted by Crippen LogP contribution is -2.93. The molecule has 0 saturated carbocycles. The van der Waals surface area contributed by atoms with Gasteiger partial charge in [0, 0.05) is 11.5 Å². The number of phenols is 3. The number of nitrogens with one attached hydrogen (secondary N) is 1. The van der Waals surface area contributed by atoms with Gasteiger partial charge in [-0.25, -0.2) is 14.4 Å². The zero-order valence-corrected chi connectivity index (χ0v) is 22.8. The van der Waals surface area contributed by atoms with Crippen LogP contribution in [0.5, 0.6) is 28.7 Å². The standard InChI is InChI=1S/C22H24BrFN4O14/c1-28-21(37,38)19(33,34)18(32,20(35,36)22(28,39)40)5-42-10-4-8-7(3-9(10)41-2)17(26-6-25-8)27-13-12(24)14(29)11(23)15(30)16(13)31/h3-4,6,29-40H,5H2,1-2H3,(H,25,26,27). The van der Waals surface area contributed by atoms with Crippen molar-refractivity contribution in [3.05, 3.63) is 28.7 Å². The molecular formula is C22H24BrFN4O14. The number of likely N-dealkylation sites (tertiary alicyclic amines) is 1. The van der Waals surface area contributed by atoms with Crippen molar-refractivity contribution in [3.63, 3.8) is 0 Å². The molecule has 0 radical (unpaired) electrons. The number of aliphatic hydroxyl groups is 9. The molecule has 0 bridgehead atoms. The summed E-state index contributed by atoms with van der Waals surface area (Å²) in [5, 5.41) is 126. The van der Waals surface area contributed by atoms with Gasteiger partial charge >= 0.3 is 0 Å². The minimum atomic E-state index is -4.33. The number of hydrogen-bond donors (Lipinski definition) is 13. The summed E-state index contributed by atoms with van der Waals surface area (Å²) < 4.78 is 24.6. The van der Waals surface area contributed by atoms with Crippen LogP contribution in [0.15, 0.2) is 22.9 Å². The van der Waals surface area contributed by atoms with E-state index in [0.29, 0.717) is 7.05 Å². The second kappa shape index (κ2) is 9.82. The Morgan fingerprint density at radius 2 is 1.45 bits per heavy atom. The molecule has 18 nitrogen and oxygen atoms in total. The highest BCUT2D eigenvalue weighted by Gasteiger charge is 2.84. The van der Waals surface area contributed by atoms with Crippen molar-refractivity contribution in [2.75, 3.05) is 26.1 Å². The molecule has 0 atom stereocenters. The van der Waals surface area contributed by atoms with Crippen LogP contribution < -0.4 is 14.8 Å². The number of fused-ring (bicyclic) bond motifs is 1. The summed E-state index contributed by atoms with van der Waals surface area (Å²) in [6.45, 7) is -1.68. The number of anilines is 2. The molecule has 13 N–H and O–H groups in total. The lowest BCUT2D eigenvalue weighted by Gasteiger charge is -2.61. The maximum Gasteiger partial charge on any atom is 0.289 e. The highest BCUT2D eigenvalue weighted by Crippen LogP contribution is 2.51. The fourth-order valence-electron chi connectivity index (χ4n) is 4.19. The van der Waals surface area contributed by atoms with Crippen LogP contribution in [-0.2, 0) is 0 Å².